The predicted molar refractivity (Wildman–Crippen MR) is 40.2 cm³/mol. The van der Waals surface area contributed by atoms with E-state index in [4.69, 9.17) is 0 Å². The van der Waals surface area contributed by atoms with Gasteiger partial charge in [-0.15, -0.1) is 0 Å². The van der Waals surface area contributed by atoms with Gasteiger partial charge in [0.05, 0.1) is 0 Å². The van der Waals surface area contributed by atoms with E-state index in [9.17, 15) is 14.0 Å². The molecule has 0 spiro atoms. The first-order valence-electron chi connectivity index (χ1n) is 3.01. The quantitative estimate of drug-likeness (QED) is 0.628. The number of hydrogen-bond donors (Lipinski definition) is 2. The van der Waals surface area contributed by atoms with Gasteiger partial charge in [0.25, 0.3) is 10.5 Å². The van der Waals surface area contributed by atoms with Crippen LogP contribution in [0.4, 0.5) is 9.18 Å². The third-order valence-electron chi connectivity index (χ3n) is 1.36. The van der Waals surface area contributed by atoms with Gasteiger partial charge in [-0.25, -0.2) is 9.18 Å². The van der Waals surface area contributed by atoms with E-state index in [1.54, 1.807) is 5.32 Å². The van der Waals surface area contributed by atoms with E-state index in [0.717, 1.165) is 0 Å². The van der Waals surface area contributed by atoms with E-state index in [-0.39, 0.29) is 0 Å². The lowest BCUT2D eigenvalue weighted by atomic mass is 10.3. The highest BCUT2D eigenvalue weighted by atomic mass is 79.9. The van der Waals surface area contributed by atoms with Gasteiger partial charge >= 0.3 is 6.03 Å². The maximum absolute atomic E-state index is 13.3. The first-order chi connectivity index (χ1) is 5.48. The second-order valence-electron chi connectivity index (χ2n) is 2.17. The summed E-state index contributed by atoms with van der Waals surface area (Å²) in [5, 5.41) is 3.81. The number of hydrogen-bond acceptors (Lipinski definition) is 3. The van der Waals surface area contributed by atoms with E-state index in [0.29, 0.717) is 0 Å². The average Bonchev–Trinajstić information content (AvgIpc) is 1.97. The summed E-state index contributed by atoms with van der Waals surface area (Å²) < 4.78 is 15.4. The number of urea groups is 1. The van der Waals surface area contributed by atoms with E-state index in [1.807, 2.05) is 0 Å². The molecule has 1 saturated heterocycles. The van der Waals surface area contributed by atoms with Crippen LogP contribution in [0.15, 0.2) is 0 Å². The van der Waals surface area contributed by atoms with Crippen molar-refractivity contribution in [1.82, 2.24) is 10.6 Å². The molecule has 7 heteroatoms. The molecule has 5 nitrogen and oxygen atoms in total. The topological polar surface area (TPSA) is 67.4 Å². The van der Waals surface area contributed by atoms with Crippen LogP contribution in [0.5, 0.6) is 0 Å². The molecule has 68 valence electrons. The minimum atomic E-state index is -2.41. The number of ether oxygens (including phenoxy) is 1. The molecule has 2 atom stereocenters. The standard InChI is InChI=1S/C5H6BrFN2O3/c1-12-3-5(6,7)2(10)8-4(11)9-3/h3H,1H3,(H2,8,9,10,11)/t3-,5-/m1/s1. The highest BCUT2D eigenvalue weighted by molar-refractivity contribution is 9.10. The summed E-state index contributed by atoms with van der Waals surface area (Å²) in [5.74, 6) is -1.07. The van der Waals surface area contributed by atoms with Gasteiger partial charge in [-0.2, -0.15) is 0 Å². The van der Waals surface area contributed by atoms with Crippen molar-refractivity contribution in [2.45, 2.75) is 10.8 Å². The molecule has 0 bridgehead atoms. The predicted octanol–water partition coefficient (Wildman–Crippen LogP) is -0.141. The molecule has 1 rings (SSSR count). The molecule has 0 aliphatic carbocycles. The minimum Gasteiger partial charge on any atom is -0.357 e. The maximum atomic E-state index is 13.3. The highest BCUT2D eigenvalue weighted by Crippen LogP contribution is 2.27. The van der Waals surface area contributed by atoms with Crippen LogP contribution in [-0.4, -0.2) is 29.9 Å². The third-order valence-corrected chi connectivity index (χ3v) is 2.13. The molecule has 0 aromatic heterocycles. The highest BCUT2D eigenvalue weighted by Gasteiger charge is 2.49. The molecule has 0 radical (unpaired) electrons. The van der Waals surface area contributed by atoms with Gasteiger partial charge < -0.3 is 10.1 Å². The lowest BCUT2D eigenvalue weighted by molar-refractivity contribution is -0.135. The summed E-state index contributed by atoms with van der Waals surface area (Å²) in [6.45, 7) is 0. The maximum Gasteiger partial charge on any atom is 0.323 e. The fourth-order valence-electron chi connectivity index (χ4n) is 0.758. The molecule has 2 N–H and O–H groups in total. The summed E-state index contributed by atoms with van der Waals surface area (Å²) in [4.78, 5) is 21.4. The van der Waals surface area contributed by atoms with Crippen LogP contribution in [-0.2, 0) is 9.53 Å². The first kappa shape index (κ1) is 9.40. The monoisotopic (exact) mass is 240 g/mol. The number of halogens is 2. The molecule has 1 fully saturated rings. The molecule has 0 aromatic rings. The molecule has 12 heavy (non-hydrogen) atoms. The zero-order valence-electron chi connectivity index (χ0n) is 6.06. The Kier molecular flexibility index (Phi) is 2.34. The second-order valence-corrected chi connectivity index (χ2v) is 3.32. The van der Waals surface area contributed by atoms with Crippen molar-refractivity contribution >= 4 is 27.9 Å². The Labute approximate surface area is 75.8 Å². The largest absolute Gasteiger partial charge is 0.357 e. The number of alkyl halides is 2. The zero-order valence-corrected chi connectivity index (χ0v) is 7.64. The molecule has 0 saturated carbocycles. The molecule has 0 aromatic carbocycles. The Hall–Kier alpha value is -0.690. The lowest BCUT2D eigenvalue weighted by Gasteiger charge is -2.30. The number of nitrogens with one attached hydrogen (secondary N) is 2. The van der Waals surface area contributed by atoms with Gasteiger partial charge in [-0.1, -0.05) is 0 Å². The lowest BCUT2D eigenvalue weighted by Crippen LogP contribution is -2.64. The summed E-state index contributed by atoms with van der Waals surface area (Å²) in [6.07, 6.45) is -1.31. The molecule has 1 heterocycles. The second kappa shape index (κ2) is 2.98. The SMILES string of the molecule is CO[C@H]1NC(=O)NC(=O)[C@]1(F)Br. The van der Waals surface area contributed by atoms with Crippen LogP contribution in [0.3, 0.4) is 0 Å². The number of rotatable bonds is 1. The third kappa shape index (κ3) is 1.42. The fourth-order valence-corrected chi connectivity index (χ4v) is 1.16. The fraction of sp³-hybridized carbons (Fsp3) is 0.600. The van der Waals surface area contributed by atoms with Crippen molar-refractivity contribution in [2.24, 2.45) is 0 Å². The number of methoxy groups -OCH3 is 1. The summed E-state index contributed by atoms with van der Waals surface area (Å²) >= 11 is 2.49. The average molecular weight is 241 g/mol. The van der Waals surface area contributed by atoms with Crippen LogP contribution in [0.2, 0.25) is 0 Å². The van der Waals surface area contributed by atoms with Gasteiger partial charge in [0.2, 0.25) is 0 Å². The number of carbonyl (C=O) groups excluding carboxylic acids is 2. The molecule has 1 aliphatic heterocycles. The normalized spacial score (nSPS) is 35.8. The summed E-state index contributed by atoms with van der Waals surface area (Å²) in [5.41, 5.74) is 0. The Bertz CT molecular complexity index is 233. The van der Waals surface area contributed by atoms with E-state index >= 15 is 0 Å². The van der Waals surface area contributed by atoms with E-state index < -0.39 is 22.7 Å². The molecule has 1 aliphatic rings. The Balaban J connectivity index is 2.85. The first-order valence-corrected chi connectivity index (χ1v) is 3.80. The van der Waals surface area contributed by atoms with Crippen LogP contribution in [0.25, 0.3) is 0 Å². The summed E-state index contributed by atoms with van der Waals surface area (Å²) in [7, 11) is 1.18. The smallest absolute Gasteiger partial charge is 0.323 e. The Morgan fingerprint density at radius 3 is 2.75 bits per heavy atom. The van der Waals surface area contributed by atoms with Crippen LogP contribution in [0.1, 0.15) is 0 Å². The zero-order chi connectivity index (χ0) is 9.35. The minimum absolute atomic E-state index is 0.778. The van der Waals surface area contributed by atoms with Gasteiger partial charge in [0.15, 0.2) is 6.23 Å². The molecular formula is C5H6BrFN2O3. The van der Waals surface area contributed by atoms with Gasteiger partial charge in [0.1, 0.15) is 0 Å². The summed E-state index contributed by atoms with van der Waals surface area (Å²) in [6, 6.07) is -0.778. The number of imide groups is 1. The molecular weight excluding hydrogens is 235 g/mol. The van der Waals surface area contributed by atoms with Crippen molar-refractivity contribution in [1.29, 1.82) is 0 Å². The van der Waals surface area contributed by atoms with Gasteiger partial charge in [0, 0.05) is 7.11 Å². The van der Waals surface area contributed by atoms with Crippen molar-refractivity contribution in [3.8, 4) is 0 Å². The van der Waals surface area contributed by atoms with E-state index in [1.165, 1.54) is 7.11 Å². The number of amides is 3. The number of carbonyl (C=O) groups is 2. The van der Waals surface area contributed by atoms with Crippen LogP contribution in [0, 0.1) is 0 Å². The Morgan fingerprint density at radius 2 is 2.25 bits per heavy atom. The van der Waals surface area contributed by atoms with Gasteiger partial charge in [-0.3, -0.25) is 10.1 Å². The van der Waals surface area contributed by atoms with Crippen molar-refractivity contribution in [3.05, 3.63) is 0 Å². The molecule has 0 unspecified atom stereocenters. The van der Waals surface area contributed by atoms with Crippen molar-refractivity contribution < 1.29 is 18.7 Å². The Morgan fingerprint density at radius 1 is 1.67 bits per heavy atom. The van der Waals surface area contributed by atoms with Gasteiger partial charge in [-0.05, 0) is 15.9 Å². The van der Waals surface area contributed by atoms with Crippen LogP contribution >= 0.6 is 15.9 Å². The van der Waals surface area contributed by atoms with E-state index in [2.05, 4.69) is 26.0 Å². The van der Waals surface area contributed by atoms with Crippen LogP contribution < -0.4 is 10.6 Å². The van der Waals surface area contributed by atoms with Crippen molar-refractivity contribution in [3.63, 3.8) is 0 Å². The molecule has 3 amide bonds. The van der Waals surface area contributed by atoms with Crippen molar-refractivity contribution in [2.75, 3.05) is 7.11 Å².